The van der Waals surface area contributed by atoms with Crippen molar-refractivity contribution in [2.75, 3.05) is 13.1 Å². The van der Waals surface area contributed by atoms with Crippen LogP contribution < -0.4 is 0 Å². The van der Waals surface area contributed by atoms with E-state index in [1.807, 2.05) is 29.8 Å². The van der Waals surface area contributed by atoms with Crippen LogP contribution in [0.1, 0.15) is 30.3 Å². The van der Waals surface area contributed by atoms with Crippen LogP contribution in [-0.4, -0.2) is 42.9 Å². The molecule has 3 aromatic heterocycles. The molecule has 7 heteroatoms. The van der Waals surface area contributed by atoms with E-state index >= 15 is 0 Å². The standard InChI is InChI=1S/C17H20N6O/c1-22-12-19-20-17(22)13-4-7-23(8-5-13)11-15-9-16(21-24-15)14-3-2-6-18-10-14/h2-3,6,9-10,12-13H,4-5,7-8,11H2,1H3. The molecule has 1 aliphatic heterocycles. The van der Waals surface area contributed by atoms with E-state index in [9.17, 15) is 0 Å². The fourth-order valence-corrected chi connectivity index (χ4v) is 3.27. The first-order valence-electron chi connectivity index (χ1n) is 8.22. The molecule has 1 fully saturated rings. The lowest BCUT2D eigenvalue weighted by Gasteiger charge is -2.30. The number of piperidine rings is 1. The summed E-state index contributed by atoms with van der Waals surface area (Å²) in [7, 11) is 2.01. The number of aromatic nitrogens is 5. The number of nitrogens with zero attached hydrogens (tertiary/aromatic N) is 6. The highest BCUT2D eigenvalue weighted by Crippen LogP contribution is 2.27. The predicted molar refractivity (Wildman–Crippen MR) is 88.0 cm³/mol. The molecule has 24 heavy (non-hydrogen) atoms. The van der Waals surface area contributed by atoms with E-state index in [0.717, 1.165) is 55.3 Å². The van der Waals surface area contributed by atoms with E-state index in [2.05, 4.69) is 25.2 Å². The number of aryl methyl sites for hydroxylation is 1. The lowest BCUT2D eigenvalue weighted by atomic mass is 9.96. The van der Waals surface area contributed by atoms with Crippen LogP contribution in [0, 0.1) is 0 Å². The van der Waals surface area contributed by atoms with Crippen molar-refractivity contribution >= 4 is 0 Å². The summed E-state index contributed by atoms with van der Waals surface area (Å²) in [4.78, 5) is 6.52. The second-order valence-corrected chi connectivity index (χ2v) is 6.27. The molecule has 0 radical (unpaired) electrons. The van der Waals surface area contributed by atoms with Crippen molar-refractivity contribution in [3.05, 3.63) is 48.5 Å². The van der Waals surface area contributed by atoms with Gasteiger partial charge < -0.3 is 9.09 Å². The minimum atomic E-state index is 0.495. The van der Waals surface area contributed by atoms with E-state index in [1.54, 1.807) is 18.7 Å². The van der Waals surface area contributed by atoms with Gasteiger partial charge >= 0.3 is 0 Å². The Balaban J connectivity index is 1.36. The molecule has 1 saturated heterocycles. The van der Waals surface area contributed by atoms with Gasteiger partial charge in [0.1, 0.15) is 17.8 Å². The Bertz CT molecular complexity index is 788. The third kappa shape index (κ3) is 3.07. The van der Waals surface area contributed by atoms with E-state index in [-0.39, 0.29) is 0 Å². The summed E-state index contributed by atoms with van der Waals surface area (Å²) in [5, 5.41) is 12.4. The van der Waals surface area contributed by atoms with Crippen LogP contribution in [0.2, 0.25) is 0 Å². The van der Waals surface area contributed by atoms with Crippen LogP contribution in [0.25, 0.3) is 11.3 Å². The zero-order valence-electron chi connectivity index (χ0n) is 13.7. The van der Waals surface area contributed by atoms with Crippen LogP contribution >= 0.6 is 0 Å². The van der Waals surface area contributed by atoms with Crippen LogP contribution in [0.4, 0.5) is 0 Å². The monoisotopic (exact) mass is 324 g/mol. The summed E-state index contributed by atoms with van der Waals surface area (Å²) in [5.74, 6) is 2.48. The molecule has 0 saturated carbocycles. The fourth-order valence-electron chi connectivity index (χ4n) is 3.27. The highest BCUT2D eigenvalue weighted by atomic mass is 16.5. The third-order valence-corrected chi connectivity index (χ3v) is 4.59. The van der Waals surface area contributed by atoms with Crippen molar-refractivity contribution in [2.24, 2.45) is 7.05 Å². The van der Waals surface area contributed by atoms with E-state index < -0.39 is 0 Å². The molecule has 4 rings (SSSR count). The normalized spacial score (nSPS) is 16.5. The Kier molecular flexibility index (Phi) is 4.08. The molecule has 0 spiro atoms. The van der Waals surface area contributed by atoms with Gasteiger partial charge in [-0.3, -0.25) is 9.88 Å². The number of likely N-dealkylation sites (tertiary alicyclic amines) is 1. The van der Waals surface area contributed by atoms with Gasteiger partial charge in [-0.05, 0) is 38.1 Å². The molecule has 1 aliphatic rings. The van der Waals surface area contributed by atoms with Gasteiger partial charge in [-0.1, -0.05) is 5.16 Å². The van der Waals surface area contributed by atoms with Gasteiger partial charge in [-0.25, -0.2) is 0 Å². The summed E-state index contributed by atoms with van der Waals surface area (Å²) in [6.45, 7) is 2.85. The van der Waals surface area contributed by atoms with Crippen molar-refractivity contribution in [3.63, 3.8) is 0 Å². The van der Waals surface area contributed by atoms with Crippen LogP contribution in [0.15, 0.2) is 41.4 Å². The molecule has 7 nitrogen and oxygen atoms in total. The molecule has 0 unspecified atom stereocenters. The zero-order valence-corrected chi connectivity index (χ0v) is 13.7. The van der Waals surface area contributed by atoms with Crippen LogP contribution in [0.5, 0.6) is 0 Å². The second-order valence-electron chi connectivity index (χ2n) is 6.27. The van der Waals surface area contributed by atoms with Gasteiger partial charge in [0.15, 0.2) is 5.76 Å². The Hall–Kier alpha value is -2.54. The molecule has 0 N–H and O–H groups in total. The summed E-state index contributed by atoms with van der Waals surface area (Å²) >= 11 is 0. The quantitative estimate of drug-likeness (QED) is 0.733. The molecule has 4 heterocycles. The van der Waals surface area contributed by atoms with E-state index in [0.29, 0.717) is 5.92 Å². The maximum absolute atomic E-state index is 5.49. The minimum absolute atomic E-state index is 0.495. The first-order valence-corrected chi connectivity index (χ1v) is 8.22. The van der Waals surface area contributed by atoms with Crippen molar-refractivity contribution in [3.8, 4) is 11.3 Å². The van der Waals surface area contributed by atoms with E-state index in [1.165, 1.54) is 0 Å². The van der Waals surface area contributed by atoms with Crippen molar-refractivity contribution < 1.29 is 4.52 Å². The lowest BCUT2D eigenvalue weighted by molar-refractivity contribution is 0.181. The predicted octanol–water partition coefficient (Wildman–Crippen LogP) is 2.24. The molecular weight excluding hydrogens is 304 g/mol. The fraction of sp³-hybridized carbons (Fsp3) is 0.412. The second kappa shape index (κ2) is 6.52. The van der Waals surface area contributed by atoms with Gasteiger partial charge in [0.2, 0.25) is 0 Å². The highest BCUT2D eigenvalue weighted by molar-refractivity contribution is 5.57. The maximum Gasteiger partial charge on any atom is 0.151 e. The number of hydrogen-bond acceptors (Lipinski definition) is 6. The molecule has 0 aromatic carbocycles. The zero-order chi connectivity index (χ0) is 16.4. The summed E-state index contributed by atoms with van der Waals surface area (Å²) < 4.78 is 7.52. The molecular formula is C17H20N6O. The maximum atomic E-state index is 5.49. The van der Waals surface area contributed by atoms with Gasteiger partial charge in [0, 0.05) is 37.0 Å². The third-order valence-electron chi connectivity index (χ3n) is 4.59. The SMILES string of the molecule is Cn1cnnc1C1CCN(Cc2cc(-c3cccnc3)no2)CC1. The Morgan fingerprint density at radius 2 is 2.17 bits per heavy atom. The average Bonchev–Trinajstić information content (AvgIpc) is 3.26. The average molecular weight is 324 g/mol. The summed E-state index contributed by atoms with van der Waals surface area (Å²) in [5.41, 5.74) is 1.82. The minimum Gasteiger partial charge on any atom is -0.359 e. The van der Waals surface area contributed by atoms with Gasteiger partial charge in [-0.15, -0.1) is 10.2 Å². The summed E-state index contributed by atoms with van der Waals surface area (Å²) in [6.07, 6.45) is 7.52. The van der Waals surface area contributed by atoms with Crippen molar-refractivity contribution in [2.45, 2.75) is 25.3 Å². The van der Waals surface area contributed by atoms with Crippen LogP contribution in [0.3, 0.4) is 0 Å². The number of pyridine rings is 1. The Labute approximate surface area is 140 Å². The molecule has 124 valence electrons. The Morgan fingerprint density at radius 1 is 1.29 bits per heavy atom. The van der Waals surface area contributed by atoms with Gasteiger partial charge in [0.05, 0.1) is 6.54 Å². The van der Waals surface area contributed by atoms with Gasteiger partial charge in [-0.2, -0.15) is 0 Å². The van der Waals surface area contributed by atoms with Crippen molar-refractivity contribution in [1.82, 2.24) is 29.8 Å². The van der Waals surface area contributed by atoms with E-state index in [4.69, 9.17) is 4.52 Å². The first-order chi connectivity index (χ1) is 11.8. The topological polar surface area (TPSA) is 72.9 Å². The van der Waals surface area contributed by atoms with Crippen molar-refractivity contribution in [1.29, 1.82) is 0 Å². The molecule has 0 bridgehead atoms. The van der Waals surface area contributed by atoms with Crippen LogP contribution in [-0.2, 0) is 13.6 Å². The molecule has 0 amide bonds. The smallest absolute Gasteiger partial charge is 0.151 e. The summed E-state index contributed by atoms with van der Waals surface area (Å²) in [6, 6.07) is 5.90. The van der Waals surface area contributed by atoms with Gasteiger partial charge in [0.25, 0.3) is 0 Å². The molecule has 3 aromatic rings. The Morgan fingerprint density at radius 3 is 2.88 bits per heavy atom. The highest BCUT2D eigenvalue weighted by Gasteiger charge is 2.24. The largest absolute Gasteiger partial charge is 0.359 e. The number of hydrogen-bond donors (Lipinski definition) is 0. The first kappa shape index (κ1) is 15.0. The molecule has 0 atom stereocenters. The molecule has 0 aliphatic carbocycles. The number of rotatable bonds is 4. The lowest BCUT2D eigenvalue weighted by Crippen LogP contribution is -2.33.